The van der Waals surface area contributed by atoms with Gasteiger partial charge in [0, 0.05) is 31.8 Å². The molecule has 160 valence electrons. The van der Waals surface area contributed by atoms with Gasteiger partial charge in [0.1, 0.15) is 5.82 Å². The lowest BCUT2D eigenvalue weighted by Gasteiger charge is -2.22. The van der Waals surface area contributed by atoms with Crippen LogP contribution in [-0.2, 0) is 20.1 Å². The van der Waals surface area contributed by atoms with Gasteiger partial charge in [0.25, 0.3) is 11.8 Å². The van der Waals surface area contributed by atoms with E-state index in [1.807, 2.05) is 66.7 Å². The zero-order valence-corrected chi connectivity index (χ0v) is 17.8. The topological polar surface area (TPSA) is 67.2 Å². The third kappa shape index (κ3) is 5.10. The normalized spacial score (nSPS) is 10.5. The summed E-state index contributed by atoms with van der Waals surface area (Å²) >= 11 is 0. The van der Waals surface area contributed by atoms with Crippen molar-refractivity contribution in [3.63, 3.8) is 0 Å². The Bertz CT molecular complexity index is 1150. The molecule has 0 aliphatic rings. The average molecular weight is 425 g/mol. The van der Waals surface area contributed by atoms with Gasteiger partial charge in [0.15, 0.2) is 5.69 Å². The number of aryl methyl sites for hydroxylation is 1. The Morgan fingerprint density at radius 2 is 1.31 bits per heavy atom. The maximum atomic E-state index is 13.4. The Labute approximate surface area is 187 Å². The fourth-order valence-electron chi connectivity index (χ4n) is 3.44. The predicted octanol–water partition coefficient (Wildman–Crippen LogP) is 4.52. The third-order valence-electron chi connectivity index (χ3n) is 5.10. The third-order valence-corrected chi connectivity index (χ3v) is 5.10. The first-order valence-corrected chi connectivity index (χ1v) is 10.4. The van der Waals surface area contributed by atoms with E-state index in [2.05, 4.69) is 10.4 Å². The summed E-state index contributed by atoms with van der Waals surface area (Å²) < 4.78 is 1.51. The molecule has 0 saturated carbocycles. The highest BCUT2D eigenvalue weighted by molar-refractivity contribution is 6.04. The van der Waals surface area contributed by atoms with E-state index in [1.165, 1.54) is 4.68 Å². The molecule has 0 unspecified atom stereocenters. The van der Waals surface area contributed by atoms with Crippen LogP contribution in [0.1, 0.15) is 32.0 Å². The van der Waals surface area contributed by atoms with Crippen molar-refractivity contribution < 1.29 is 9.59 Å². The van der Waals surface area contributed by atoms with Gasteiger partial charge < -0.3 is 10.2 Å². The molecule has 0 fully saturated rings. The number of carbonyl (C=O) groups is 2. The number of amides is 2. The van der Waals surface area contributed by atoms with E-state index < -0.39 is 0 Å². The minimum atomic E-state index is -0.252. The molecule has 0 radical (unpaired) electrons. The molecule has 6 heteroatoms. The molecular formula is C26H24N4O2. The molecule has 1 N–H and O–H groups in total. The molecular weight excluding hydrogens is 400 g/mol. The quantitative estimate of drug-likeness (QED) is 0.474. The molecule has 0 aliphatic heterocycles. The van der Waals surface area contributed by atoms with Crippen LogP contribution in [0.3, 0.4) is 0 Å². The SMILES string of the molecule is Cn1nc(C(=O)N(Cc2ccccc2)Cc2ccccc2)cc1NC(=O)c1ccccc1. The molecule has 1 heterocycles. The van der Waals surface area contributed by atoms with Crippen LogP contribution in [0.2, 0.25) is 0 Å². The summed E-state index contributed by atoms with van der Waals surface area (Å²) in [6.07, 6.45) is 0. The van der Waals surface area contributed by atoms with E-state index in [0.29, 0.717) is 24.5 Å². The summed E-state index contributed by atoms with van der Waals surface area (Å²) in [6, 6.07) is 30.3. The van der Waals surface area contributed by atoms with Gasteiger partial charge in [0.05, 0.1) is 0 Å². The molecule has 6 nitrogen and oxygen atoms in total. The Kier molecular flexibility index (Phi) is 6.41. The van der Waals surface area contributed by atoms with Crippen molar-refractivity contribution in [2.45, 2.75) is 13.1 Å². The van der Waals surface area contributed by atoms with Crippen LogP contribution in [0.25, 0.3) is 0 Å². The monoisotopic (exact) mass is 424 g/mol. The number of anilines is 1. The number of hydrogen-bond donors (Lipinski definition) is 1. The number of hydrogen-bond acceptors (Lipinski definition) is 3. The Morgan fingerprint density at radius 1 is 0.812 bits per heavy atom. The minimum Gasteiger partial charge on any atom is -0.329 e. The lowest BCUT2D eigenvalue weighted by molar-refractivity contribution is 0.0723. The lowest BCUT2D eigenvalue weighted by atomic mass is 10.1. The fourth-order valence-corrected chi connectivity index (χ4v) is 3.44. The van der Waals surface area contributed by atoms with Gasteiger partial charge >= 0.3 is 0 Å². The average Bonchev–Trinajstić information content (AvgIpc) is 3.20. The van der Waals surface area contributed by atoms with Crippen LogP contribution < -0.4 is 5.32 Å². The van der Waals surface area contributed by atoms with Gasteiger partial charge in [-0.05, 0) is 23.3 Å². The van der Waals surface area contributed by atoms with E-state index in [4.69, 9.17) is 0 Å². The number of carbonyl (C=O) groups excluding carboxylic acids is 2. The van der Waals surface area contributed by atoms with Crippen LogP contribution in [0.5, 0.6) is 0 Å². The number of aromatic nitrogens is 2. The molecule has 4 rings (SSSR count). The Morgan fingerprint density at radius 3 is 1.84 bits per heavy atom. The van der Waals surface area contributed by atoms with E-state index >= 15 is 0 Å². The maximum absolute atomic E-state index is 13.4. The van der Waals surface area contributed by atoms with E-state index in [-0.39, 0.29) is 17.5 Å². The maximum Gasteiger partial charge on any atom is 0.275 e. The summed E-state index contributed by atoms with van der Waals surface area (Å²) in [5.74, 6) is 0.00752. The first-order valence-electron chi connectivity index (χ1n) is 10.4. The van der Waals surface area contributed by atoms with Crippen LogP contribution >= 0.6 is 0 Å². The van der Waals surface area contributed by atoms with Crippen molar-refractivity contribution in [3.8, 4) is 0 Å². The van der Waals surface area contributed by atoms with Crippen LogP contribution in [0.4, 0.5) is 5.82 Å². The van der Waals surface area contributed by atoms with Crippen molar-refractivity contribution in [2.75, 3.05) is 5.32 Å². The minimum absolute atomic E-state index is 0.200. The lowest BCUT2D eigenvalue weighted by Crippen LogP contribution is -2.30. The molecule has 32 heavy (non-hydrogen) atoms. The number of benzene rings is 3. The summed E-state index contributed by atoms with van der Waals surface area (Å²) in [6.45, 7) is 0.910. The highest BCUT2D eigenvalue weighted by Crippen LogP contribution is 2.17. The smallest absolute Gasteiger partial charge is 0.275 e. The van der Waals surface area contributed by atoms with E-state index in [1.54, 1.807) is 42.3 Å². The van der Waals surface area contributed by atoms with Crippen molar-refractivity contribution >= 4 is 17.6 Å². The number of nitrogens with one attached hydrogen (secondary N) is 1. The standard InChI is InChI=1S/C26H24N4O2/c1-29-24(27-25(31)22-15-9-4-10-16-22)17-23(28-29)26(32)30(18-20-11-5-2-6-12-20)19-21-13-7-3-8-14-21/h2-17H,18-19H2,1H3,(H,27,31). The first kappa shape index (κ1) is 21.1. The first-order chi connectivity index (χ1) is 15.6. The molecule has 2 amide bonds. The summed E-state index contributed by atoms with van der Waals surface area (Å²) in [5, 5.41) is 7.20. The van der Waals surface area contributed by atoms with Crippen LogP contribution in [-0.4, -0.2) is 26.5 Å². The van der Waals surface area contributed by atoms with Gasteiger partial charge in [0.2, 0.25) is 0 Å². The second-order valence-corrected chi connectivity index (χ2v) is 7.49. The van der Waals surface area contributed by atoms with Gasteiger partial charge in [-0.15, -0.1) is 0 Å². The van der Waals surface area contributed by atoms with Gasteiger partial charge in [-0.3, -0.25) is 14.3 Å². The number of rotatable bonds is 7. The van der Waals surface area contributed by atoms with Crippen molar-refractivity contribution in [3.05, 3.63) is 119 Å². The largest absolute Gasteiger partial charge is 0.329 e. The van der Waals surface area contributed by atoms with Gasteiger partial charge in [-0.1, -0.05) is 78.9 Å². The van der Waals surface area contributed by atoms with Crippen molar-refractivity contribution in [1.82, 2.24) is 14.7 Å². The highest BCUT2D eigenvalue weighted by atomic mass is 16.2. The highest BCUT2D eigenvalue weighted by Gasteiger charge is 2.21. The molecule has 0 spiro atoms. The molecule has 0 bridgehead atoms. The zero-order chi connectivity index (χ0) is 22.3. The summed E-state index contributed by atoms with van der Waals surface area (Å²) in [5.41, 5.74) is 2.88. The van der Waals surface area contributed by atoms with Crippen LogP contribution in [0.15, 0.2) is 97.1 Å². The Balaban J connectivity index is 1.56. The number of nitrogens with zero attached hydrogens (tertiary/aromatic N) is 3. The molecule has 0 atom stereocenters. The summed E-state index contributed by atoms with van der Waals surface area (Å²) in [7, 11) is 1.70. The Hall–Kier alpha value is -4.19. The second kappa shape index (κ2) is 9.75. The predicted molar refractivity (Wildman–Crippen MR) is 124 cm³/mol. The fraction of sp³-hybridized carbons (Fsp3) is 0.115. The molecule has 0 aliphatic carbocycles. The second-order valence-electron chi connectivity index (χ2n) is 7.49. The van der Waals surface area contributed by atoms with Crippen molar-refractivity contribution in [2.24, 2.45) is 7.05 Å². The molecule has 3 aromatic carbocycles. The zero-order valence-electron chi connectivity index (χ0n) is 17.8. The van der Waals surface area contributed by atoms with Gasteiger partial charge in [-0.2, -0.15) is 5.10 Å². The van der Waals surface area contributed by atoms with Gasteiger partial charge in [-0.25, -0.2) is 0 Å². The molecule has 0 saturated heterocycles. The van der Waals surface area contributed by atoms with E-state index in [9.17, 15) is 9.59 Å². The van der Waals surface area contributed by atoms with E-state index in [0.717, 1.165) is 11.1 Å². The van der Waals surface area contributed by atoms with Crippen molar-refractivity contribution in [1.29, 1.82) is 0 Å². The molecule has 1 aromatic heterocycles. The summed E-state index contributed by atoms with van der Waals surface area (Å²) in [4.78, 5) is 27.7. The van der Waals surface area contributed by atoms with Crippen LogP contribution in [0, 0.1) is 0 Å². The molecule has 4 aromatic rings.